The van der Waals surface area contributed by atoms with E-state index in [4.69, 9.17) is 4.98 Å². The van der Waals surface area contributed by atoms with Crippen molar-refractivity contribution in [2.45, 2.75) is 10.7 Å². The maximum absolute atomic E-state index is 4.70. The normalized spacial score (nSPS) is 11.2. The van der Waals surface area contributed by atoms with Gasteiger partial charge in [0.25, 0.3) is 0 Å². The molecule has 0 unspecified atom stereocenters. The van der Waals surface area contributed by atoms with Crippen molar-refractivity contribution in [2.75, 3.05) is 0 Å². The zero-order valence-electron chi connectivity index (χ0n) is 9.53. The van der Waals surface area contributed by atoms with Crippen molar-refractivity contribution < 1.29 is 0 Å². The molecule has 0 spiro atoms. The second kappa shape index (κ2) is 4.94. The fourth-order valence-corrected chi connectivity index (χ4v) is 2.64. The van der Waals surface area contributed by atoms with Crippen molar-refractivity contribution >= 4 is 53.7 Å². The van der Waals surface area contributed by atoms with Gasteiger partial charge in [-0.1, -0.05) is 44.0 Å². The van der Waals surface area contributed by atoms with Crippen molar-refractivity contribution in [3.8, 4) is 0 Å². The highest BCUT2D eigenvalue weighted by Crippen LogP contribution is 2.24. The Kier molecular flexibility index (Phi) is 3.31. The highest BCUT2D eigenvalue weighted by molar-refractivity contribution is 9.08. The molecule has 0 N–H and O–H groups in total. The molecular formula is C14H10Br2N2. The van der Waals surface area contributed by atoms with E-state index in [9.17, 15) is 0 Å². The van der Waals surface area contributed by atoms with Crippen molar-refractivity contribution in [1.82, 2.24) is 9.97 Å². The van der Waals surface area contributed by atoms with Crippen LogP contribution in [-0.2, 0) is 10.7 Å². The van der Waals surface area contributed by atoms with Crippen LogP contribution >= 0.6 is 31.9 Å². The van der Waals surface area contributed by atoms with Gasteiger partial charge in [0.05, 0.1) is 16.7 Å². The molecule has 0 fully saturated rings. The average molecular weight is 366 g/mol. The quantitative estimate of drug-likeness (QED) is 0.491. The maximum atomic E-state index is 4.70. The summed E-state index contributed by atoms with van der Waals surface area (Å²) in [5, 5.41) is 3.85. The van der Waals surface area contributed by atoms with E-state index in [-0.39, 0.29) is 0 Å². The lowest BCUT2D eigenvalue weighted by atomic mass is 10.1. The second-order valence-electron chi connectivity index (χ2n) is 4.12. The monoisotopic (exact) mass is 364 g/mol. The lowest BCUT2D eigenvalue weighted by Crippen LogP contribution is -1.90. The number of alkyl halides is 2. The number of nitrogens with zero attached hydrogens (tertiary/aromatic N) is 2. The Hall–Kier alpha value is -1.00. The standard InChI is InChI=1S/C14H10Br2N2/c15-6-9-5-12-13(17-8-9)4-2-10-1-3-11(7-16)18-14(10)12/h1-5,8H,6-7H2. The van der Waals surface area contributed by atoms with Crippen LogP contribution in [0.1, 0.15) is 11.3 Å². The molecule has 3 aromatic rings. The van der Waals surface area contributed by atoms with E-state index in [1.165, 1.54) is 5.56 Å². The molecule has 1 aromatic carbocycles. The van der Waals surface area contributed by atoms with Crippen LogP contribution in [0.3, 0.4) is 0 Å². The summed E-state index contributed by atoms with van der Waals surface area (Å²) in [6, 6.07) is 10.4. The van der Waals surface area contributed by atoms with Crippen molar-refractivity contribution in [2.24, 2.45) is 0 Å². The number of benzene rings is 1. The first-order valence-electron chi connectivity index (χ1n) is 5.61. The third-order valence-corrected chi connectivity index (χ3v) is 4.15. The number of hydrogen-bond donors (Lipinski definition) is 0. The summed E-state index contributed by atoms with van der Waals surface area (Å²) >= 11 is 6.92. The van der Waals surface area contributed by atoms with Crippen molar-refractivity contribution in [1.29, 1.82) is 0 Å². The van der Waals surface area contributed by atoms with Crippen molar-refractivity contribution in [3.05, 3.63) is 47.8 Å². The molecule has 0 aliphatic carbocycles. The van der Waals surface area contributed by atoms with E-state index in [0.717, 1.165) is 38.2 Å². The maximum Gasteiger partial charge on any atom is 0.0799 e. The van der Waals surface area contributed by atoms with Crippen LogP contribution in [0.15, 0.2) is 36.5 Å². The molecule has 0 aliphatic rings. The first-order valence-corrected chi connectivity index (χ1v) is 7.85. The van der Waals surface area contributed by atoms with E-state index < -0.39 is 0 Å². The van der Waals surface area contributed by atoms with Gasteiger partial charge in [-0.2, -0.15) is 0 Å². The van der Waals surface area contributed by atoms with E-state index in [0.29, 0.717) is 0 Å². The van der Waals surface area contributed by atoms with Crippen LogP contribution in [0, 0.1) is 0 Å². The molecule has 0 bridgehead atoms. The van der Waals surface area contributed by atoms with E-state index in [1.807, 2.05) is 18.3 Å². The van der Waals surface area contributed by atoms with Crippen LogP contribution in [-0.4, -0.2) is 9.97 Å². The summed E-state index contributed by atoms with van der Waals surface area (Å²) in [7, 11) is 0. The predicted molar refractivity (Wildman–Crippen MR) is 82.3 cm³/mol. The zero-order chi connectivity index (χ0) is 12.5. The molecule has 18 heavy (non-hydrogen) atoms. The minimum atomic E-state index is 0.769. The molecular weight excluding hydrogens is 356 g/mol. The summed E-state index contributed by atoms with van der Waals surface area (Å²) in [4.78, 5) is 9.17. The summed E-state index contributed by atoms with van der Waals surface area (Å²) in [5.74, 6) is 0. The van der Waals surface area contributed by atoms with Gasteiger partial charge in [-0.25, -0.2) is 0 Å². The summed E-state index contributed by atoms with van der Waals surface area (Å²) < 4.78 is 0. The van der Waals surface area contributed by atoms with Crippen LogP contribution in [0.4, 0.5) is 0 Å². The third kappa shape index (κ3) is 2.04. The lowest BCUT2D eigenvalue weighted by Gasteiger charge is -2.05. The van der Waals surface area contributed by atoms with Crippen LogP contribution in [0.5, 0.6) is 0 Å². The molecule has 0 saturated heterocycles. The number of rotatable bonds is 2. The minimum Gasteiger partial charge on any atom is -0.256 e. The number of hydrogen-bond acceptors (Lipinski definition) is 2. The topological polar surface area (TPSA) is 25.8 Å². The Morgan fingerprint density at radius 3 is 2.61 bits per heavy atom. The average Bonchev–Trinajstić information content (AvgIpc) is 2.45. The van der Waals surface area contributed by atoms with E-state index in [2.05, 4.69) is 55.0 Å². The molecule has 0 amide bonds. The number of aromatic nitrogens is 2. The molecule has 0 atom stereocenters. The fourth-order valence-electron chi connectivity index (χ4n) is 2.02. The molecule has 90 valence electrons. The number of halogens is 2. The Balaban J connectivity index is 2.40. The Morgan fingerprint density at radius 2 is 1.83 bits per heavy atom. The van der Waals surface area contributed by atoms with Gasteiger partial charge in [-0.3, -0.25) is 9.97 Å². The number of fused-ring (bicyclic) bond motifs is 3. The Labute approximate surface area is 122 Å². The van der Waals surface area contributed by atoms with Crippen LogP contribution in [0.25, 0.3) is 21.8 Å². The van der Waals surface area contributed by atoms with Gasteiger partial charge < -0.3 is 0 Å². The molecule has 4 heteroatoms. The van der Waals surface area contributed by atoms with Gasteiger partial charge in [-0.15, -0.1) is 0 Å². The Morgan fingerprint density at radius 1 is 1.00 bits per heavy atom. The van der Waals surface area contributed by atoms with Crippen LogP contribution in [0.2, 0.25) is 0 Å². The molecule has 0 radical (unpaired) electrons. The largest absolute Gasteiger partial charge is 0.256 e. The smallest absolute Gasteiger partial charge is 0.0799 e. The van der Waals surface area contributed by atoms with Gasteiger partial charge in [0.1, 0.15) is 0 Å². The SMILES string of the molecule is BrCc1cnc2ccc3ccc(CBr)nc3c2c1. The first kappa shape index (κ1) is 12.1. The summed E-state index contributed by atoms with van der Waals surface area (Å²) in [6.45, 7) is 0. The predicted octanol–water partition coefficient (Wildman–Crippen LogP) is 4.57. The molecule has 3 rings (SSSR count). The second-order valence-corrected chi connectivity index (χ2v) is 5.24. The summed E-state index contributed by atoms with van der Waals surface area (Å²) in [6.07, 6.45) is 1.90. The van der Waals surface area contributed by atoms with Gasteiger partial charge in [-0.05, 0) is 23.8 Å². The fraction of sp³-hybridized carbons (Fsp3) is 0.143. The van der Waals surface area contributed by atoms with Crippen molar-refractivity contribution in [3.63, 3.8) is 0 Å². The van der Waals surface area contributed by atoms with E-state index in [1.54, 1.807) is 0 Å². The zero-order valence-corrected chi connectivity index (χ0v) is 12.7. The molecule has 2 aromatic heterocycles. The minimum absolute atomic E-state index is 0.769. The van der Waals surface area contributed by atoms with Gasteiger partial charge in [0, 0.05) is 27.6 Å². The van der Waals surface area contributed by atoms with Crippen LogP contribution < -0.4 is 0 Å². The summed E-state index contributed by atoms with van der Waals surface area (Å²) in [5.41, 5.74) is 4.23. The number of pyridine rings is 2. The third-order valence-electron chi connectivity index (χ3n) is 2.93. The molecule has 0 saturated carbocycles. The highest BCUT2D eigenvalue weighted by Gasteiger charge is 2.05. The molecule has 2 heterocycles. The van der Waals surface area contributed by atoms with Gasteiger partial charge in [0.2, 0.25) is 0 Å². The van der Waals surface area contributed by atoms with Gasteiger partial charge >= 0.3 is 0 Å². The lowest BCUT2D eigenvalue weighted by molar-refractivity contribution is 1.24. The molecule has 0 aliphatic heterocycles. The Bertz CT molecular complexity index is 663. The molecule has 2 nitrogen and oxygen atoms in total. The highest BCUT2D eigenvalue weighted by atomic mass is 79.9. The van der Waals surface area contributed by atoms with E-state index >= 15 is 0 Å². The first-order chi connectivity index (χ1) is 8.81. The van der Waals surface area contributed by atoms with Gasteiger partial charge in [0.15, 0.2) is 0 Å².